The summed E-state index contributed by atoms with van der Waals surface area (Å²) in [5.41, 5.74) is 2.97. The summed E-state index contributed by atoms with van der Waals surface area (Å²) in [5, 5.41) is 6.75. The van der Waals surface area contributed by atoms with Crippen molar-refractivity contribution >= 4 is 34.7 Å². The van der Waals surface area contributed by atoms with Crippen LogP contribution in [0.15, 0.2) is 47.2 Å². The van der Waals surface area contributed by atoms with E-state index in [9.17, 15) is 4.79 Å². The highest BCUT2D eigenvalue weighted by Gasteiger charge is 2.10. The number of carbonyl (C=O) groups is 1. The van der Waals surface area contributed by atoms with Crippen molar-refractivity contribution in [2.75, 3.05) is 5.32 Å². The van der Waals surface area contributed by atoms with Gasteiger partial charge >= 0.3 is 0 Å². The van der Waals surface area contributed by atoms with Gasteiger partial charge in [-0.3, -0.25) is 4.79 Å². The van der Waals surface area contributed by atoms with E-state index in [-0.39, 0.29) is 5.91 Å². The number of anilines is 1. The molecule has 0 aliphatic heterocycles. The van der Waals surface area contributed by atoms with Crippen molar-refractivity contribution in [1.82, 2.24) is 14.5 Å². The highest BCUT2D eigenvalue weighted by atomic mass is 32.2. The summed E-state index contributed by atoms with van der Waals surface area (Å²) >= 11 is 3.19. The zero-order chi connectivity index (χ0) is 17.6. The molecule has 7 heteroatoms. The van der Waals surface area contributed by atoms with E-state index in [0.717, 1.165) is 33.8 Å². The molecule has 3 rings (SSSR count). The lowest BCUT2D eigenvalue weighted by Gasteiger charge is -2.04. The van der Waals surface area contributed by atoms with Crippen molar-refractivity contribution < 1.29 is 4.79 Å². The van der Waals surface area contributed by atoms with E-state index in [1.807, 2.05) is 49.0 Å². The largest absolute Gasteiger partial charge is 0.326 e. The lowest BCUT2D eigenvalue weighted by molar-refractivity contribution is -0.115. The third-order valence-electron chi connectivity index (χ3n) is 3.61. The Kier molecular flexibility index (Phi) is 5.88. The lowest BCUT2D eigenvalue weighted by atomic mass is 10.2. The van der Waals surface area contributed by atoms with Gasteiger partial charge in [0.25, 0.3) is 0 Å². The van der Waals surface area contributed by atoms with Crippen molar-refractivity contribution in [1.29, 1.82) is 0 Å². The second-order valence-corrected chi connectivity index (χ2v) is 7.49. The first-order valence-electron chi connectivity index (χ1n) is 8.07. The molecule has 2 heterocycles. The lowest BCUT2D eigenvalue weighted by Crippen LogP contribution is -2.14. The van der Waals surface area contributed by atoms with E-state index >= 15 is 0 Å². The normalized spacial score (nSPS) is 10.8. The number of nitrogens with one attached hydrogen (secondary N) is 1. The van der Waals surface area contributed by atoms with Gasteiger partial charge in [0.1, 0.15) is 5.01 Å². The Labute approximate surface area is 155 Å². The Hall–Kier alpha value is -2.12. The van der Waals surface area contributed by atoms with Crippen LogP contribution in [0.2, 0.25) is 0 Å². The SMILES string of the molecule is CCn1ccnc1SCc1csc(CC(=O)Nc2ccc(C)cc2)n1. The first-order chi connectivity index (χ1) is 12.1. The van der Waals surface area contributed by atoms with Crippen LogP contribution in [0, 0.1) is 6.92 Å². The van der Waals surface area contributed by atoms with Crippen molar-refractivity contribution in [3.63, 3.8) is 0 Å². The number of hydrogen-bond donors (Lipinski definition) is 1. The molecule has 3 aromatic rings. The van der Waals surface area contributed by atoms with Gasteiger partial charge in [0.05, 0.1) is 12.1 Å². The summed E-state index contributed by atoms with van der Waals surface area (Å²) in [6, 6.07) is 7.78. The van der Waals surface area contributed by atoms with Crippen molar-refractivity contribution in [2.45, 2.75) is 37.7 Å². The standard InChI is InChI=1S/C18H20N4OS2/c1-3-22-9-8-19-18(22)25-12-15-11-24-17(21-15)10-16(23)20-14-6-4-13(2)5-7-14/h4-9,11H,3,10,12H2,1-2H3,(H,20,23). The summed E-state index contributed by atoms with van der Waals surface area (Å²) in [6.45, 7) is 5.02. The van der Waals surface area contributed by atoms with Crippen LogP contribution in [0.3, 0.4) is 0 Å². The Balaban J connectivity index is 1.52. The van der Waals surface area contributed by atoms with Crippen molar-refractivity contribution in [3.8, 4) is 0 Å². The van der Waals surface area contributed by atoms with Gasteiger partial charge in [-0.2, -0.15) is 0 Å². The van der Waals surface area contributed by atoms with Crippen molar-refractivity contribution in [3.05, 3.63) is 58.3 Å². The van der Waals surface area contributed by atoms with Gasteiger partial charge < -0.3 is 9.88 Å². The monoisotopic (exact) mass is 372 g/mol. The highest BCUT2D eigenvalue weighted by Crippen LogP contribution is 2.22. The fraction of sp³-hybridized carbons (Fsp3) is 0.278. The molecule has 2 aromatic heterocycles. The van der Waals surface area contributed by atoms with Crippen LogP contribution in [0.5, 0.6) is 0 Å². The van der Waals surface area contributed by atoms with Gasteiger partial charge in [0.15, 0.2) is 5.16 Å². The minimum Gasteiger partial charge on any atom is -0.326 e. The van der Waals surface area contributed by atoms with Gasteiger partial charge in [0.2, 0.25) is 5.91 Å². The van der Waals surface area contributed by atoms with E-state index in [1.165, 1.54) is 16.9 Å². The number of thiazole rings is 1. The summed E-state index contributed by atoms with van der Waals surface area (Å²) in [5.74, 6) is 0.714. The maximum atomic E-state index is 12.1. The maximum absolute atomic E-state index is 12.1. The third kappa shape index (κ3) is 4.93. The van der Waals surface area contributed by atoms with E-state index < -0.39 is 0 Å². The molecular weight excluding hydrogens is 352 g/mol. The molecule has 0 saturated heterocycles. The average molecular weight is 373 g/mol. The number of aromatic nitrogens is 3. The molecule has 0 atom stereocenters. The molecule has 1 aromatic carbocycles. The van der Waals surface area contributed by atoms with E-state index in [4.69, 9.17) is 0 Å². The Morgan fingerprint density at radius 1 is 1.32 bits per heavy atom. The Morgan fingerprint density at radius 2 is 2.12 bits per heavy atom. The van der Waals surface area contributed by atoms with Gasteiger partial charge in [-0.25, -0.2) is 9.97 Å². The van der Waals surface area contributed by atoms with Gasteiger partial charge in [0, 0.05) is 35.8 Å². The first-order valence-corrected chi connectivity index (χ1v) is 9.94. The van der Waals surface area contributed by atoms with Crippen LogP contribution >= 0.6 is 23.1 Å². The Bertz CT molecular complexity index is 839. The molecule has 0 aliphatic rings. The average Bonchev–Trinajstić information content (AvgIpc) is 3.23. The molecule has 0 spiro atoms. The molecular formula is C18H20N4OS2. The minimum absolute atomic E-state index is 0.0427. The number of hydrogen-bond acceptors (Lipinski definition) is 5. The minimum atomic E-state index is -0.0427. The van der Waals surface area contributed by atoms with Crippen LogP contribution in [0.4, 0.5) is 5.69 Å². The van der Waals surface area contributed by atoms with Crippen LogP contribution in [-0.4, -0.2) is 20.4 Å². The Morgan fingerprint density at radius 3 is 2.88 bits per heavy atom. The fourth-order valence-corrected chi connectivity index (χ4v) is 4.10. The number of rotatable bonds is 7. The number of benzene rings is 1. The number of aryl methyl sites for hydroxylation is 2. The van der Waals surface area contributed by atoms with Gasteiger partial charge in [-0.05, 0) is 26.0 Å². The van der Waals surface area contributed by atoms with Gasteiger partial charge in [-0.15, -0.1) is 11.3 Å². The predicted molar refractivity (Wildman–Crippen MR) is 103 cm³/mol. The van der Waals surface area contributed by atoms with Crippen LogP contribution in [-0.2, 0) is 23.5 Å². The number of amides is 1. The highest BCUT2D eigenvalue weighted by molar-refractivity contribution is 7.98. The molecule has 1 amide bonds. The number of imidazole rings is 1. The second-order valence-electron chi connectivity index (χ2n) is 5.61. The molecule has 1 N–H and O–H groups in total. The summed E-state index contributed by atoms with van der Waals surface area (Å²) < 4.78 is 2.10. The molecule has 0 radical (unpaired) electrons. The molecule has 0 fully saturated rings. The molecule has 0 saturated carbocycles. The third-order valence-corrected chi connectivity index (χ3v) is 5.55. The summed E-state index contributed by atoms with van der Waals surface area (Å²) in [4.78, 5) is 21.0. The van der Waals surface area contributed by atoms with E-state index in [0.29, 0.717) is 6.42 Å². The van der Waals surface area contributed by atoms with Crippen LogP contribution in [0.1, 0.15) is 23.2 Å². The molecule has 0 unspecified atom stereocenters. The molecule has 0 bridgehead atoms. The number of carbonyl (C=O) groups excluding carboxylic acids is 1. The topological polar surface area (TPSA) is 59.8 Å². The molecule has 130 valence electrons. The van der Waals surface area contributed by atoms with Crippen LogP contribution in [0.25, 0.3) is 0 Å². The van der Waals surface area contributed by atoms with Crippen molar-refractivity contribution in [2.24, 2.45) is 0 Å². The summed E-state index contributed by atoms with van der Waals surface area (Å²) in [6.07, 6.45) is 4.09. The predicted octanol–water partition coefficient (Wildman–Crippen LogP) is 4.14. The fourth-order valence-electron chi connectivity index (χ4n) is 2.29. The second kappa shape index (κ2) is 8.31. The zero-order valence-corrected chi connectivity index (χ0v) is 15.9. The van der Waals surface area contributed by atoms with Gasteiger partial charge in [-0.1, -0.05) is 29.5 Å². The zero-order valence-electron chi connectivity index (χ0n) is 14.2. The van der Waals surface area contributed by atoms with E-state index in [2.05, 4.69) is 26.8 Å². The molecule has 25 heavy (non-hydrogen) atoms. The first kappa shape index (κ1) is 17.7. The van der Waals surface area contributed by atoms with E-state index in [1.54, 1.807) is 11.8 Å². The quantitative estimate of drug-likeness (QED) is 0.633. The maximum Gasteiger partial charge on any atom is 0.231 e. The molecule has 5 nitrogen and oxygen atoms in total. The molecule has 0 aliphatic carbocycles. The van der Waals surface area contributed by atoms with Crippen LogP contribution < -0.4 is 5.32 Å². The number of thioether (sulfide) groups is 1. The summed E-state index contributed by atoms with van der Waals surface area (Å²) in [7, 11) is 0. The smallest absolute Gasteiger partial charge is 0.231 e. The number of nitrogens with zero attached hydrogens (tertiary/aromatic N) is 3.